The van der Waals surface area contributed by atoms with Crippen molar-refractivity contribution in [3.05, 3.63) is 28.2 Å². The zero-order valence-corrected chi connectivity index (χ0v) is 15.0. The number of benzene rings is 1. The van der Waals surface area contributed by atoms with E-state index in [9.17, 15) is 14.4 Å². The fourth-order valence-corrected chi connectivity index (χ4v) is 2.01. The Morgan fingerprint density at radius 3 is 2.35 bits per heavy atom. The number of halogens is 1. The van der Waals surface area contributed by atoms with Crippen LogP contribution in [-0.4, -0.2) is 29.9 Å². The Bertz CT molecular complexity index is 611. The van der Waals surface area contributed by atoms with E-state index in [1.54, 1.807) is 32.9 Å². The van der Waals surface area contributed by atoms with Gasteiger partial charge in [-0.2, -0.15) is 0 Å². The summed E-state index contributed by atoms with van der Waals surface area (Å²) in [5.41, 5.74) is 4.46. The normalized spacial score (nSPS) is 10.7. The Labute approximate surface area is 143 Å². The summed E-state index contributed by atoms with van der Waals surface area (Å²) >= 11 is 3.33. The monoisotopic (exact) mass is 385 g/mol. The molecular weight excluding hydrogens is 366 g/mol. The number of carbonyl (C=O) groups excluding carboxylic acids is 3. The van der Waals surface area contributed by atoms with Gasteiger partial charge in [-0.25, -0.2) is 0 Å². The molecule has 7 nitrogen and oxygen atoms in total. The first-order valence-corrected chi connectivity index (χ1v) is 7.68. The minimum Gasteiger partial charge on any atom is -0.483 e. The van der Waals surface area contributed by atoms with E-state index in [0.29, 0.717) is 5.75 Å². The molecule has 126 valence electrons. The maximum atomic E-state index is 11.6. The highest BCUT2D eigenvalue weighted by Crippen LogP contribution is 2.21. The van der Waals surface area contributed by atoms with E-state index in [1.807, 2.05) is 18.4 Å². The van der Waals surface area contributed by atoms with Crippen LogP contribution in [0.5, 0.6) is 5.75 Å². The Kier molecular flexibility index (Phi) is 6.56. The van der Waals surface area contributed by atoms with Crippen molar-refractivity contribution in [2.45, 2.75) is 33.2 Å². The van der Waals surface area contributed by atoms with Gasteiger partial charge in [0.15, 0.2) is 6.61 Å². The van der Waals surface area contributed by atoms with Gasteiger partial charge in [0.1, 0.15) is 5.75 Å². The molecule has 23 heavy (non-hydrogen) atoms. The third kappa shape index (κ3) is 7.14. The lowest BCUT2D eigenvalue weighted by Gasteiger charge is -2.19. The molecule has 0 aliphatic carbocycles. The minimum atomic E-state index is -0.951. The average Bonchev–Trinajstić information content (AvgIpc) is 2.41. The first-order valence-electron chi connectivity index (χ1n) is 6.89. The number of aryl methyl sites for hydroxylation is 1. The molecule has 0 unspecified atom stereocenters. The van der Waals surface area contributed by atoms with Crippen molar-refractivity contribution in [1.29, 1.82) is 0 Å². The van der Waals surface area contributed by atoms with Gasteiger partial charge in [-0.05, 0) is 51.5 Å². The van der Waals surface area contributed by atoms with Gasteiger partial charge >= 0.3 is 11.8 Å². The third-order valence-electron chi connectivity index (χ3n) is 2.51. The summed E-state index contributed by atoms with van der Waals surface area (Å²) in [4.78, 5) is 34.6. The second-order valence-corrected chi connectivity index (χ2v) is 6.82. The summed E-state index contributed by atoms with van der Waals surface area (Å²) in [6, 6.07) is 5.37. The predicted octanol–water partition coefficient (Wildman–Crippen LogP) is 1.20. The largest absolute Gasteiger partial charge is 0.483 e. The van der Waals surface area contributed by atoms with Crippen molar-refractivity contribution in [3.63, 3.8) is 0 Å². The smallest absolute Gasteiger partial charge is 0.327 e. The molecule has 0 fully saturated rings. The van der Waals surface area contributed by atoms with E-state index in [4.69, 9.17) is 4.74 Å². The molecule has 0 aliphatic rings. The van der Waals surface area contributed by atoms with E-state index in [1.165, 1.54) is 0 Å². The SMILES string of the molecule is Cc1cc(Br)ccc1OCC(=O)NNC(=O)C(=O)NC(C)(C)C. The average molecular weight is 386 g/mol. The molecule has 0 saturated carbocycles. The lowest BCUT2D eigenvalue weighted by atomic mass is 10.1. The zero-order valence-electron chi connectivity index (χ0n) is 13.5. The van der Waals surface area contributed by atoms with Crippen LogP contribution in [0.2, 0.25) is 0 Å². The van der Waals surface area contributed by atoms with Crippen molar-refractivity contribution in [3.8, 4) is 5.75 Å². The lowest BCUT2D eigenvalue weighted by Crippen LogP contribution is -2.53. The lowest BCUT2D eigenvalue weighted by molar-refractivity contribution is -0.141. The molecule has 0 bridgehead atoms. The Balaban J connectivity index is 2.39. The van der Waals surface area contributed by atoms with Gasteiger partial charge in [0.25, 0.3) is 5.91 Å². The number of ether oxygens (including phenoxy) is 1. The van der Waals surface area contributed by atoms with Crippen LogP contribution in [0.3, 0.4) is 0 Å². The first kappa shape index (κ1) is 19.0. The Morgan fingerprint density at radius 2 is 1.78 bits per heavy atom. The highest BCUT2D eigenvalue weighted by molar-refractivity contribution is 9.10. The Hall–Kier alpha value is -2.09. The molecular formula is C15H20BrN3O4. The van der Waals surface area contributed by atoms with E-state index >= 15 is 0 Å². The third-order valence-corrected chi connectivity index (χ3v) is 3.00. The zero-order chi connectivity index (χ0) is 17.6. The molecule has 0 saturated heterocycles. The van der Waals surface area contributed by atoms with Gasteiger partial charge in [-0.3, -0.25) is 25.2 Å². The minimum absolute atomic E-state index is 0.288. The molecule has 0 heterocycles. The second-order valence-electron chi connectivity index (χ2n) is 5.90. The van der Waals surface area contributed by atoms with E-state index < -0.39 is 23.3 Å². The van der Waals surface area contributed by atoms with Crippen LogP contribution in [0.25, 0.3) is 0 Å². The number of amides is 3. The molecule has 0 radical (unpaired) electrons. The fraction of sp³-hybridized carbons (Fsp3) is 0.400. The number of carbonyl (C=O) groups is 3. The standard InChI is InChI=1S/C15H20BrN3O4/c1-9-7-10(16)5-6-11(9)23-8-12(20)18-19-14(22)13(21)17-15(2,3)4/h5-7H,8H2,1-4H3,(H,17,21)(H,18,20)(H,19,22). The Morgan fingerprint density at radius 1 is 1.13 bits per heavy atom. The highest BCUT2D eigenvalue weighted by Gasteiger charge is 2.20. The number of hydrogen-bond acceptors (Lipinski definition) is 4. The van der Waals surface area contributed by atoms with Gasteiger partial charge in [0.05, 0.1) is 0 Å². The van der Waals surface area contributed by atoms with Crippen LogP contribution in [-0.2, 0) is 14.4 Å². The van der Waals surface area contributed by atoms with Gasteiger partial charge in [0, 0.05) is 10.0 Å². The highest BCUT2D eigenvalue weighted by atomic mass is 79.9. The number of hydrogen-bond donors (Lipinski definition) is 3. The van der Waals surface area contributed by atoms with Crippen LogP contribution < -0.4 is 20.9 Å². The molecule has 1 rings (SSSR count). The van der Waals surface area contributed by atoms with Crippen LogP contribution in [0.1, 0.15) is 26.3 Å². The quantitative estimate of drug-likeness (QED) is 0.537. The van der Waals surface area contributed by atoms with Crippen molar-refractivity contribution < 1.29 is 19.1 Å². The molecule has 1 aromatic carbocycles. The molecule has 0 spiro atoms. The van der Waals surface area contributed by atoms with Crippen LogP contribution >= 0.6 is 15.9 Å². The van der Waals surface area contributed by atoms with Crippen LogP contribution in [0, 0.1) is 6.92 Å². The molecule has 3 N–H and O–H groups in total. The van der Waals surface area contributed by atoms with E-state index in [-0.39, 0.29) is 6.61 Å². The second kappa shape index (κ2) is 7.96. The van der Waals surface area contributed by atoms with E-state index in [2.05, 4.69) is 26.7 Å². The summed E-state index contributed by atoms with van der Waals surface area (Å²) in [7, 11) is 0. The summed E-state index contributed by atoms with van der Waals surface area (Å²) < 4.78 is 6.25. The maximum absolute atomic E-state index is 11.6. The molecule has 8 heteroatoms. The number of rotatable bonds is 3. The number of hydrazine groups is 1. The van der Waals surface area contributed by atoms with Gasteiger partial charge in [0.2, 0.25) is 0 Å². The van der Waals surface area contributed by atoms with Crippen LogP contribution in [0.4, 0.5) is 0 Å². The predicted molar refractivity (Wildman–Crippen MR) is 88.6 cm³/mol. The molecule has 0 atom stereocenters. The molecule has 3 amide bonds. The van der Waals surface area contributed by atoms with Crippen molar-refractivity contribution in [1.82, 2.24) is 16.2 Å². The van der Waals surface area contributed by atoms with Crippen LogP contribution in [0.15, 0.2) is 22.7 Å². The molecule has 1 aromatic rings. The summed E-state index contributed by atoms with van der Waals surface area (Å²) in [5.74, 6) is -1.81. The van der Waals surface area contributed by atoms with Crippen molar-refractivity contribution >= 4 is 33.7 Å². The van der Waals surface area contributed by atoms with Crippen molar-refractivity contribution in [2.75, 3.05) is 6.61 Å². The summed E-state index contributed by atoms with van der Waals surface area (Å²) in [6.07, 6.45) is 0. The summed E-state index contributed by atoms with van der Waals surface area (Å²) in [6.45, 7) is 6.78. The first-order chi connectivity index (χ1) is 10.6. The van der Waals surface area contributed by atoms with Crippen molar-refractivity contribution in [2.24, 2.45) is 0 Å². The van der Waals surface area contributed by atoms with Gasteiger partial charge in [-0.1, -0.05) is 15.9 Å². The molecule has 0 aliphatic heterocycles. The fourth-order valence-electron chi connectivity index (χ4n) is 1.53. The van der Waals surface area contributed by atoms with Gasteiger partial charge < -0.3 is 10.1 Å². The maximum Gasteiger partial charge on any atom is 0.327 e. The number of nitrogens with one attached hydrogen (secondary N) is 3. The van der Waals surface area contributed by atoms with E-state index in [0.717, 1.165) is 10.0 Å². The van der Waals surface area contributed by atoms with Gasteiger partial charge in [-0.15, -0.1) is 0 Å². The molecule has 0 aromatic heterocycles. The summed E-state index contributed by atoms with van der Waals surface area (Å²) in [5, 5.41) is 2.48. The topological polar surface area (TPSA) is 96.5 Å².